The van der Waals surface area contributed by atoms with Gasteiger partial charge in [0.1, 0.15) is 6.04 Å². The minimum atomic E-state index is -0.982. The second-order valence-corrected chi connectivity index (χ2v) is 5.31. The van der Waals surface area contributed by atoms with E-state index in [1.165, 1.54) is 0 Å². The summed E-state index contributed by atoms with van der Waals surface area (Å²) in [6.07, 6.45) is 3.69. The van der Waals surface area contributed by atoms with Crippen LogP contribution in [0, 0.1) is 0 Å². The smallest absolute Gasteiger partial charge is 0.320 e. The summed E-state index contributed by atoms with van der Waals surface area (Å²) in [7, 11) is 0. The van der Waals surface area contributed by atoms with Crippen molar-refractivity contribution in [2.45, 2.75) is 50.7 Å². The maximum atomic E-state index is 11.4. The number of carboxylic acids is 1. The van der Waals surface area contributed by atoms with E-state index in [-0.39, 0.29) is 11.7 Å². The van der Waals surface area contributed by atoms with Crippen molar-refractivity contribution in [3.05, 3.63) is 0 Å². The molecule has 0 aromatic carbocycles. The van der Waals surface area contributed by atoms with Crippen LogP contribution in [0.25, 0.3) is 0 Å². The number of hydrogen-bond donors (Lipinski definition) is 6. The highest BCUT2D eigenvalue weighted by atomic mass is 16.4. The molecule has 0 spiro atoms. The lowest BCUT2D eigenvalue weighted by Crippen LogP contribution is -2.37. The van der Waals surface area contributed by atoms with E-state index < -0.39 is 12.0 Å². The van der Waals surface area contributed by atoms with E-state index in [1.54, 1.807) is 0 Å². The third-order valence-electron chi connectivity index (χ3n) is 3.24. The lowest BCUT2D eigenvalue weighted by molar-refractivity contribution is -0.138. The van der Waals surface area contributed by atoms with Crippen molar-refractivity contribution in [3.8, 4) is 0 Å². The summed E-state index contributed by atoms with van der Waals surface area (Å²) >= 11 is 0. The van der Waals surface area contributed by atoms with Gasteiger partial charge < -0.3 is 21.5 Å². The first-order valence-electron chi connectivity index (χ1n) is 6.97. The van der Waals surface area contributed by atoms with Crippen LogP contribution in [0.3, 0.4) is 0 Å². The van der Waals surface area contributed by atoms with Gasteiger partial charge in [-0.3, -0.25) is 4.79 Å². The number of rotatable bonds is 10. The van der Waals surface area contributed by atoms with Gasteiger partial charge in [-0.2, -0.15) is 0 Å². The fourth-order valence-corrected chi connectivity index (χ4v) is 1.75. The second-order valence-electron chi connectivity index (χ2n) is 5.31. The second kappa shape index (κ2) is 8.03. The molecule has 1 rings (SSSR count). The maximum Gasteiger partial charge on any atom is 0.320 e. The third-order valence-corrected chi connectivity index (χ3v) is 3.24. The summed E-state index contributed by atoms with van der Waals surface area (Å²) in [6.45, 7) is 3.22. The van der Waals surface area contributed by atoms with Gasteiger partial charge >= 0.3 is 12.0 Å². The minimum absolute atomic E-state index is 0.0427. The maximum absolute atomic E-state index is 11.4. The van der Waals surface area contributed by atoms with E-state index in [0.29, 0.717) is 25.9 Å². The molecule has 0 aromatic heterocycles. The average molecular weight is 287 g/mol. The van der Waals surface area contributed by atoms with Gasteiger partial charge in [0.15, 0.2) is 0 Å². The number of urea groups is 1. The van der Waals surface area contributed by atoms with Gasteiger partial charge in [-0.05, 0) is 39.0 Å². The number of carboxylic acid groups (broad SMARTS) is 1. The Morgan fingerprint density at radius 1 is 1.20 bits per heavy atom. The summed E-state index contributed by atoms with van der Waals surface area (Å²) in [5.41, 5.74) is 11.5. The number of nitrogens with one attached hydrogen (secondary N) is 4. The molecular formula is C12H25N5O3. The molecule has 0 bridgehead atoms. The molecule has 20 heavy (non-hydrogen) atoms. The molecule has 1 aliphatic heterocycles. The predicted molar refractivity (Wildman–Crippen MR) is 74.8 cm³/mol. The average Bonchev–Trinajstić information content (AvgIpc) is 3.12. The zero-order valence-electron chi connectivity index (χ0n) is 11.9. The van der Waals surface area contributed by atoms with Gasteiger partial charge in [-0.25, -0.2) is 15.6 Å². The Hall–Kier alpha value is -1.38. The van der Waals surface area contributed by atoms with Crippen molar-refractivity contribution in [2.75, 3.05) is 13.1 Å². The Labute approximate surface area is 118 Å². The fraction of sp³-hybridized carbons (Fsp3) is 0.833. The van der Waals surface area contributed by atoms with Crippen LogP contribution in [-0.4, -0.2) is 41.9 Å². The summed E-state index contributed by atoms with van der Waals surface area (Å²) in [5, 5.41) is 14.1. The van der Waals surface area contributed by atoms with Crippen LogP contribution in [0.4, 0.5) is 4.79 Å². The van der Waals surface area contributed by atoms with Crippen LogP contribution in [0.15, 0.2) is 0 Å². The van der Waals surface area contributed by atoms with Crippen molar-refractivity contribution in [1.29, 1.82) is 0 Å². The Balaban J connectivity index is 1.88. The topological polar surface area (TPSA) is 148 Å². The number of amides is 2. The van der Waals surface area contributed by atoms with E-state index in [4.69, 9.17) is 10.8 Å². The SMILES string of the molecule is CC1(CCCNC(=O)NCCCC[C@H](N)C(=O)O)NN1. The van der Waals surface area contributed by atoms with Crippen molar-refractivity contribution < 1.29 is 14.7 Å². The lowest BCUT2D eigenvalue weighted by Gasteiger charge is -2.09. The van der Waals surface area contributed by atoms with E-state index in [2.05, 4.69) is 28.4 Å². The van der Waals surface area contributed by atoms with Gasteiger partial charge in [-0.15, -0.1) is 0 Å². The first kappa shape index (κ1) is 16.7. The van der Waals surface area contributed by atoms with Crippen molar-refractivity contribution >= 4 is 12.0 Å². The molecule has 0 unspecified atom stereocenters. The number of aliphatic carboxylic acids is 1. The van der Waals surface area contributed by atoms with Gasteiger partial charge in [0, 0.05) is 13.1 Å². The molecule has 1 saturated heterocycles. The minimum Gasteiger partial charge on any atom is -0.480 e. The first-order valence-corrected chi connectivity index (χ1v) is 6.97. The highest BCUT2D eigenvalue weighted by molar-refractivity contribution is 5.73. The Kier molecular flexibility index (Phi) is 6.69. The Morgan fingerprint density at radius 3 is 2.35 bits per heavy atom. The number of hydrogen-bond acceptors (Lipinski definition) is 5. The van der Waals surface area contributed by atoms with E-state index in [1.807, 2.05) is 0 Å². The summed E-state index contributed by atoms with van der Waals surface area (Å²) in [4.78, 5) is 21.9. The quantitative estimate of drug-likeness (QED) is 0.235. The van der Waals surface area contributed by atoms with Crippen molar-refractivity contribution in [1.82, 2.24) is 21.5 Å². The van der Waals surface area contributed by atoms with E-state index in [9.17, 15) is 9.59 Å². The number of carbonyl (C=O) groups is 2. The number of nitrogens with two attached hydrogens (primary N) is 1. The highest BCUT2D eigenvalue weighted by Gasteiger charge is 2.34. The largest absolute Gasteiger partial charge is 0.480 e. The van der Waals surface area contributed by atoms with Crippen molar-refractivity contribution in [2.24, 2.45) is 5.73 Å². The van der Waals surface area contributed by atoms with E-state index in [0.717, 1.165) is 19.3 Å². The van der Waals surface area contributed by atoms with Gasteiger partial charge in [-0.1, -0.05) is 0 Å². The van der Waals surface area contributed by atoms with Crippen LogP contribution < -0.4 is 27.2 Å². The van der Waals surface area contributed by atoms with Gasteiger partial charge in [0.05, 0.1) is 5.66 Å². The molecular weight excluding hydrogens is 262 g/mol. The molecule has 8 heteroatoms. The van der Waals surface area contributed by atoms with E-state index >= 15 is 0 Å². The predicted octanol–water partition coefficient (Wildman–Crippen LogP) is -0.528. The highest BCUT2D eigenvalue weighted by Crippen LogP contribution is 2.14. The first-order chi connectivity index (χ1) is 9.43. The van der Waals surface area contributed by atoms with Crippen LogP contribution in [-0.2, 0) is 4.79 Å². The fourth-order valence-electron chi connectivity index (χ4n) is 1.75. The Morgan fingerprint density at radius 2 is 1.80 bits per heavy atom. The molecule has 116 valence electrons. The molecule has 2 amide bonds. The normalized spacial score (nSPS) is 17.3. The van der Waals surface area contributed by atoms with Gasteiger partial charge in [0.2, 0.25) is 0 Å². The molecule has 0 radical (unpaired) electrons. The molecule has 0 saturated carbocycles. The third kappa shape index (κ3) is 7.27. The summed E-state index contributed by atoms with van der Waals surface area (Å²) in [5.74, 6) is -0.982. The number of hydrazine groups is 1. The van der Waals surface area contributed by atoms with Crippen LogP contribution >= 0.6 is 0 Å². The van der Waals surface area contributed by atoms with Gasteiger partial charge in [0.25, 0.3) is 0 Å². The number of unbranched alkanes of at least 4 members (excludes halogenated alkanes) is 1. The standard InChI is InChI=1S/C12H25N5O3/c1-12(16-17-12)6-4-8-15-11(20)14-7-3-2-5-9(13)10(18)19/h9,16-17H,2-8,13H2,1H3,(H,18,19)(H2,14,15,20)/t9-/m0/s1. The van der Waals surface area contributed by atoms with Crippen molar-refractivity contribution in [3.63, 3.8) is 0 Å². The molecule has 1 aliphatic rings. The molecule has 0 aromatic rings. The van der Waals surface area contributed by atoms with Crippen LogP contribution in [0.1, 0.15) is 39.0 Å². The number of carbonyl (C=O) groups excluding carboxylic acids is 1. The van der Waals surface area contributed by atoms with Crippen LogP contribution in [0.2, 0.25) is 0 Å². The zero-order valence-corrected chi connectivity index (χ0v) is 11.9. The zero-order chi connectivity index (χ0) is 15.0. The lowest BCUT2D eigenvalue weighted by atomic mass is 10.1. The molecule has 1 fully saturated rings. The van der Waals surface area contributed by atoms with Crippen LogP contribution in [0.5, 0.6) is 0 Å². The molecule has 7 N–H and O–H groups in total. The summed E-state index contributed by atoms with van der Waals surface area (Å²) in [6, 6.07) is -0.996. The summed E-state index contributed by atoms with van der Waals surface area (Å²) < 4.78 is 0. The molecule has 1 heterocycles. The molecule has 0 aliphatic carbocycles. The Bertz CT molecular complexity index is 333. The molecule has 8 nitrogen and oxygen atoms in total. The monoisotopic (exact) mass is 287 g/mol. The molecule has 1 atom stereocenters.